The Morgan fingerprint density at radius 1 is 1.41 bits per heavy atom. The van der Waals surface area contributed by atoms with E-state index in [1.165, 1.54) is 6.20 Å². The molecule has 0 saturated carbocycles. The lowest BCUT2D eigenvalue weighted by Crippen LogP contribution is -2.25. The fraction of sp³-hybridized carbons (Fsp3) is 0.182. The molecular formula is C11H13N5O. The summed E-state index contributed by atoms with van der Waals surface area (Å²) in [6, 6.07) is 7.31. The Bertz CT molecular complexity index is 534. The molecule has 2 rings (SSSR count). The molecule has 0 saturated heterocycles. The molecule has 0 bridgehead atoms. The molecule has 0 spiro atoms. The van der Waals surface area contributed by atoms with Gasteiger partial charge in [-0.25, -0.2) is 5.43 Å². The Labute approximate surface area is 98.6 Å². The van der Waals surface area contributed by atoms with Crippen molar-refractivity contribution in [3.63, 3.8) is 0 Å². The summed E-state index contributed by atoms with van der Waals surface area (Å²) < 4.78 is 0. The normalized spacial score (nSPS) is 10.0. The fourth-order valence-electron chi connectivity index (χ4n) is 1.37. The monoisotopic (exact) mass is 231 g/mol. The van der Waals surface area contributed by atoms with Gasteiger partial charge in [0, 0.05) is 12.6 Å². The van der Waals surface area contributed by atoms with E-state index in [4.69, 9.17) is 0 Å². The highest BCUT2D eigenvalue weighted by Crippen LogP contribution is 2.04. The first-order valence-corrected chi connectivity index (χ1v) is 5.17. The Balaban J connectivity index is 2.11. The molecule has 0 radical (unpaired) electrons. The molecule has 1 amide bonds. The van der Waals surface area contributed by atoms with Crippen LogP contribution < -0.4 is 10.7 Å². The Morgan fingerprint density at radius 3 is 2.88 bits per heavy atom. The molecule has 0 fully saturated rings. The van der Waals surface area contributed by atoms with Gasteiger partial charge in [0.25, 0.3) is 5.91 Å². The van der Waals surface area contributed by atoms with Gasteiger partial charge in [-0.05, 0) is 19.1 Å². The molecule has 0 aliphatic heterocycles. The number of benzene rings is 1. The lowest BCUT2D eigenvalue weighted by atomic mass is 10.1. The number of anilines is 1. The number of carbonyl (C=O) groups excluding carboxylic acids is 1. The quantitative estimate of drug-likeness (QED) is 0.827. The van der Waals surface area contributed by atoms with Crippen LogP contribution in [0.3, 0.4) is 0 Å². The number of aryl methyl sites for hydroxylation is 1. The van der Waals surface area contributed by atoms with Gasteiger partial charge in [-0.2, -0.15) is 0 Å². The second-order valence-corrected chi connectivity index (χ2v) is 3.58. The second-order valence-electron chi connectivity index (χ2n) is 3.58. The summed E-state index contributed by atoms with van der Waals surface area (Å²) in [7, 11) is 1.73. The zero-order valence-electron chi connectivity index (χ0n) is 9.64. The minimum Gasteiger partial charge on any atom is -0.370 e. The van der Waals surface area contributed by atoms with Crippen molar-refractivity contribution in [2.75, 3.05) is 17.8 Å². The topological polar surface area (TPSA) is 71.8 Å². The molecule has 6 nitrogen and oxygen atoms in total. The van der Waals surface area contributed by atoms with Crippen molar-refractivity contribution in [1.82, 2.24) is 15.1 Å². The minimum absolute atomic E-state index is 0.244. The molecule has 0 aliphatic carbocycles. The van der Waals surface area contributed by atoms with Crippen LogP contribution in [-0.4, -0.2) is 28.1 Å². The first kappa shape index (κ1) is 11.1. The molecule has 0 atom stereocenters. The third-order valence-corrected chi connectivity index (χ3v) is 2.23. The number of hydrogen-bond acceptors (Lipinski definition) is 4. The summed E-state index contributed by atoms with van der Waals surface area (Å²) in [6.07, 6.45) is 1.52. The number of hydrogen-bond donors (Lipinski definition) is 2. The van der Waals surface area contributed by atoms with Crippen LogP contribution in [0.4, 0.5) is 5.82 Å². The standard InChI is InChI=1S/C11H13N5O/c1-8-4-3-5-9(6-8)11(17)15-16-13-7-10(12-2)14-16/h3-7H,1-2H3,(H,12,14)(H,15,17). The highest BCUT2D eigenvalue weighted by Gasteiger charge is 2.07. The summed E-state index contributed by atoms with van der Waals surface area (Å²) in [6.45, 7) is 1.93. The lowest BCUT2D eigenvalue weighted by molar-refractivity contribution is 0.100. The highest BCUT2D eigenvalue weighted by atomic mass is 16.2. The molecule has 0 aliphatic rings. The summed E-state index contributed by atoms with van der Waals surface area (Å²) in [5, 5.41) is 10.7. The van der Waals surface area contributed by atoms with Crippen LogP contribution >= 0.6 is 0 Å². The third kappa shape index (κ3) is 2.60. The van der Waals surface area contributed by atoms with Crippen LogP contribution in [-0.2, 0) is 0 Å². The SMILES string of the molecule is CNc1cnn(NC(=O)c2cccc(C)c2)n1. The van der Waals surface area contributed by atoms with E-state index < -0.39 is 0 Å². The maximum Gasteiger partial charge on any atom is 0.272 e. The van der Waals surface area contributed by atoms with Gasteiger partial charge in [-0.3, -0.25) is 4.79 Å². The average molecular weight is 231 g/mol. The maximum absolute atomic E-state index is 11.8. The van der Waals surface area contributed by atoms with E-state index in [-0.39, 0.29) is 5.91 Å². The predicted octanol–water partition coefficient (Wildman–Crippen LogP) is 1.01. The first-order valence-electron chi connectivity index (χ1n) is 5.17. The summed E-state index contributed by atoms with van der Waals surface area (Å²) >= 11 is 0. The predicted molar refractivity (Wildman–Crippen MR) is 64.4 cm³/mol. The summed E-state index contributed by atoms with van der Waals surface area (Å²) in [5.41, 5.74) is 4.16. The zero-order valence-corrected chi connectivity index (χ0v) is 9.64. The molecule has 2 N–H and O–H groups in total. The van der Waals surface area contributed by atoms with Crippen molar-refractivity contribution in [2.45, 2.75) is 6.92 Å². The summed E-state index contributed by atoms with van der Waals surface area (Å²) in [4.78, 5) is 13.0. The van der Waals surface area contributed by atoms with E-state index in [0.29, 0.717) is 11.4 Å². The van der Waals surface area contributed by atoms with E-state index in [2.05, 4.69) is 20.9 Å². The Morgan fingerprint density at radius 2 is 2.24 bits per heavy atom. The maximum atomic E-state index is 11.8. The highest BCUT2D eigenvalue weighted by molar-refractivity contribution is 5.99. The zero-order chi connectivity index (χ0) is 12.3. The van der Waals surface area contributed by atoms with Gasteiger partial charge in [-0.1, -0.05) is 22.6 Å². The minimum atomic E-state index is -0.244. The molecule has 17 heavy (non-hydrogen) atoms. The Kier molecular flexibility index (Phi) is 3.04. The van der Waals surface area contributed by atoms with Gasteiger partial charge in [0.2, 0.25) is 0 Å². The van der Waals surface area contributed by atoms with E-state index >= 15 is 0 Å². The van der Waals surface area contributed by atoms with Crippen molar-refractivity contribution in [3.05, 3.63) is 41.6 Å². The summed E-state index contributed by atoms with van der Waals surface area (Å²) in [5.74, 6) is 0.349. The lowest BCUT2D eigenvalue weighted by Gasteiger charge is -2.03. The van der Waals surface area contributed by atoms with Crippen molar-refractivity contribution in [3.8, 4) is 0 Å². The second kappa shape index (κ2) is 4.65. The van der Waals surface area contributed by atoms with Crippen LogP contribution in [0.15, 0.2) is 30.5 Å². The van der Waals surface area contributed by atoms with Gasteiger partial charge in [0.1, 0.15) is 0 Å². The van der Waals surface area contributed by atoms with Crippen LogP contribution in [0.5, 0.6) is 0 Å². The number of amides is 1. The first-order chi connectivity index (χ1) is 8.19. The van der Waals surface area contributed by atoms with E-state index in [1.807, 2.05) is 19.1 Å². The van der Waals surface area contributed by atoms with Crippen molar-refractivity contribution in [2.24, 2.45) is 0 Å². The van der Waals surface area contributed by atoms with Crippen molar-refractivity contribution >= 4 is 11.7 Å². The number of rotatable bonds is 3. The van der Waals surface area contributed by atoms with Crippen LogP contribution in [0, 0.1) is 6.92 Å². The fourth-order valence-corrected chi connectivity index (χ4v) is 1.37. The van der Waals surface area contributed by atoms with Crippen LogP contribution in [0.1, 0.15) is 15.9 Å². The third-order valence-electron chi connectivity index (χ3n) is 2.23. The van der Waals surface area contributed by atoms with E-state index in [0.717, 1.165) is 10.5 Å². The van der Waals surface area contributed by atoms with Crippen molar-refractivity contribution < 1.29 is 4.79 Å². The molecule has 1 aromatic carbocycles. The van der Waals surface area contributed by atoms with Gasteiger partial charge in [0.15, 0.2) is 5.82 Å². The van der Waals surface area contributed by atoms with Gasteiger partial charge in [0.05, 0.1) is 6.20 Å². The average Bonchev–Trinajstić information content (AvgIpc) is 2.77. The molecule has 0 unspecified atom stereocenters. The molecular weight excluding hydrogens is 218 g/mol. The van der Waals surface area contributed by atoms with Gasteiger partial charge >= 0.3 is 0 Å². The van der Waals surface area contributed by atoms with E-state index in [9.17, 15) is 4.79 Å². The molecule has 6 heteroatoms. The van der Waals surface area contributed by atoms with Gasteiger partial charge in [-0.15, -0.1) is 10.2 Å². The number of carbonyl (C=O) groups is 1. The van der Waals surface area contributed by atoms with Crippen LogP contribution in [0.25, 0.3) is 0 Å². The molecule has 1 aromatic heterocycles. The number of aromatic nitrogens is 3. The number of nitrogens with one attached hydrogen (secondary N) is 2. The van der Waals surface area contributed by atoms with Crippen molar-refractivity contribution in [1.29, 1.82) is 0 Å². The molecule has 1 heterocycles. The smallest absolute Gasteiger partial charge is 0.272 e. The Hall–Kier alpha value is -2.37. The van der Waals surface area contributed by atoms with Gasteiger partial charge < -0.3 is 5.32 Å². The molecule has 2 aromatic rings. The number of nitrogens with zero attached hydrogens (tertiary/aromatic N) is 3. The van der Waals surface area contributed by atoms with Crippen LogP contribution in [0.2, 0.25) is 0 Å². The molecule has 88 valence electrons. The largest absolute Gasteiger partial charge is 0.370 e. The van der Waals surface area contributed by atoms with E-state index in [1.54, 1.807) is 19.2 Å².